The predicted molar refractivity (Wildman–Crippen MR) is 144 cm³/mol. The molecule has 2 atom stereocenters. The van der Waals surface area contributed by atoms with Crippen LogP contribution in [0.25, 0.3) is 11.1 Å². The molecule has 172 valence electrons. The van der Waals surface area contributed by atoms with Crippen LogP contribution in [0.4, 0.5) is 0 Å². The molecule has 0 fully saturated rings. The van der Waals surface area contributed by atoms with Crippen molar-refractivity contribution in [3.63, 3.8) is 0 Å². The second-order valence-corrected chi connectivity index (χ2v) is 13.0. The first-order valence-electron chi connectivity index (χ1n) is 12.3. The Kier molecular flexibility index (Phi) is 10.6. The van der Waals surface area contributed by atoms with Crippen molar-refractivity contribution in [2.24, 2.45) is 0 Å². The molecule has 0 aliphatic heterocycles. The van der Waals surface area contributed by atoms with Gasteiger partial charge in [0, 0.05) is 23.1 Å². The third kappa shape index (κ3) is 6.53. The standard InChI is InChI=1S/C15H15.C10H9.C5H14OSi.Zr/c1-3-4-5-8-13-11-14-9-6-7-10-15(14)12(13)2;1-8-6-7-9-4-2-3-5-10(8)9;1-2-3-4-6-5-7;/h3-11H,1-2H3;2-7H,1H3;2-5H2,1,7H3;. The molecule has 2 unspecified atom stereocenters. The van der Waals surface area contributed by atoms with Gasteiger partial charge in [-0.05, 0) is 6.42 Å². The van der Waals surface area contributed by atoms with Crippen LogP contribution in [0.15, 0.2) is 84.5 Å². The Labute approximate surface area is 215 Å². The first kappa shape index (κ1) is 26.1. The Hall–Kier alpha value is -1.54. The van der Waals surface area contributed by atoms with Gasteiger partial charge in [-0.2, -0.15) is 0 Å². The van der Waals surface area contributed by atoms with Crippen LogP contribution in [-0.2, 0) is 28.0 Å². The number of rotatable bonds is 8. The molecule has 0 heterocycles. The van der Waals surface area contributed by atoms with E-state index in [0.717, 1.165) is 12.8 Å². The second-order valence-electron chi connectivity index (χ2n) is 8.62. The minimum atomic E-state index is -0.754. The molecule has 2 aliphatic carbocycles. The van der Waals surface area contributed by atoms with Crippen LogP contribution in [0.1, 0.15) is 70.0 Å². The van der Waals surface area contributed by atoms with Crippen molar-refractivity contribution in [1.82, 2.24) is 0 Å². The maximum absolute atomic E-state index is 5.14. The van der Waals surface area contributed by atoms with Gasteiger partial charge in [0.2, 0.25) is 0 Å². The van der Waals surface area contributed by atoms with Crippen molar-refractivity contribution in [1.29, 1.82) is 0 Å². The van der Waals surface area contributed by atoms with Gasteiger partial charge in [0.15, 0.2) is 0 Å². The monoisotopic (exact) mass is 532 g/mol. The zero-order valence-electron chi connectivity index (χ0n) is 20.9. The summed E-state index contributed by atoms with van der Waals surface area (Å²) in [5, 5.41) is 0. The molecule has 0 spiro atoms. The van der Waals surface area contributed by atoms with Crippen LogP contribution >= 0.6 is 0 Å². The zero-order chi connectivity index (χ0) is 23.6. The van der Waals surface area contributed by atoms with E-state index in [9.17, 15) is 0 Å². The number of unbranched alkanes of at least 4 members (excludes halogenated alkanes) is 1. The molecule has 0 N–H and O–H groups in total. The number of fused-ring (bicyclic) bond motifs is 2. The summed E-state index contributed by atoms with van der Waals surface area (Å²) in [5.41, 5.74) is 10.5. The maximum atomic E-state index is 5.14. The van der Waals surface area contributed by atoms with Gasteiger partial charge in [-0.15, -0.1) is 0 Å². The summed E-state index contributed by atoms with van der Waals surface area (Å²) >= 11 is -0.754. The van der Waals surface area contributed by atoms with Crippen molar-refractivity contribution >= 4 is 21.4 Å². The molecule has 3 heteroatoms. The molecule has 4 rings (SSSR count). The minimum Gasteiger partial charge on any atom is -0.386 e. The Morgan fingerprint density at radius 3 is 2.36 bits per heavy atom. The molecule has 0 saturated carbocycles. The van der Waals surface area contributed by atoms with Crippen LogP contribution in [0.2, 0.25) is 0 Å². The van der Waals surface area contributed by atoms with Crippen LogP contribution in [0.3, 0.4) is 0 Å². The molecule has 33 heavy (non-hydrogen) atoms. The Bertz CT molecular complexity index is 1040. The molecule has 1 nitrogen and oxygen atoms in total. The van der Waals surface area contributed by atoms with Crippen LogP contribution in [0.5, 0.6) is 0 Å². The molecule has 0 amide bonds. The van der Waals surface area contributed by atoms with E-state index in [-0.39, 0.29) is 0 Å². The summed E-state index contributed by atoms with van der Waals surface area (Å²) in [6.07, 6.45) is 14.8. The molecule has 2 aromatic carbocycles. The fourth-order valence-electron chi connectivity index (χ4n) is 4.57. The van der Waals surface area contributed by atoms with Gasteiger partial charge in [-0.3, -0.25) is 0 Å². The molecule has 0 aromatic heterocycles. The molecule has 2 aromatic rings. The fourth-order valence-corrected chi connectivity index (χ4v) is 9.92. The fraction of sp³-hybridized carbons (Fsp3) is 0.333. The quantitative estimate of drug-likeness (QED) is 0.201. The van der Waals surface area contributed by atoms with Crippen LogP contribution in [-0.4, -0.2) is 23.1 Å². The summed E-state index contributed by atoms with van der Waals surface area (Å²) in [4.78, 5) is 0. The SMILES string of the molecule is CC=CC=CC1=C(C)c2ccccc2[CH]1[Zr][CH]1C=C(C)c2ccccc21.CCCCOC[SiH3]. The summed E-state index contributed by atoms with van der Waals surface area (Å²) < 4.78 is 6.44. The van der Waals surface area contributed by atoms with E-state index in [1.54, 1.807) is 16.7 Å². The zero-order valence-corrected chi connectivity index (χ0v) is 25.4. The molecular weight excluding hydrogens is 496 g/mol. The minimum absolute atomic E-state index is 0.636. The average Bonchev–Trinajstić information content (AvgIpc) is 3.30. The van der Waals surface area contributed by atoms with E-state index in [1.807, 2.05) is 0 Å². The predicted octanol–water partition coefficient (Wildman–Crippen LogP) is 7.01. The van der Waals surface area contributed by atoms with Crippen LogP contribution in [0, 0.1) is 0 Å². The van der Waals surface area contributed by atoms with Gasteiger partial charge in [-0.25, -0.2) is 0 Å². The Morgan fingerprint density at radius 2 is 1.67 bits per heavy atom. The van der Waals surface area contributed by atoms with Crippen molar-refractivity contribution in [3.05, 3.63) is 107 Å². The Morgan fingerprint density at radius 1 is 0.970 bits per heavy atom. The van der Waals surface area contributed by atoms with Crippen molar-refractivity contribution in [2.45, 2.75) is 47.8 Å². The van der Waals surface area contributed by atoms with E-state index in [1.165, 1.54) is 45.4 Å². The third-order valence-electron chi connectivity index (χ3n) is 6.33. The van der Waals surface area contributed by atoms with E-state index >= 15 is 0 Å². The van der Waals surface area contributed by atoms with Gasteiger partial charge in [0.1, 0.15) is 0 Å². The van der Waals surface area contributed by atoms with Crippen molar-refractivity contribution in [3.8, 4) is 0 Å². The van der Waals surface area contributed by atoms with E-state index in [4.69, 9.17) is 4.74 Å². The maximum Gasteiger partial charge on any atom is 0.0461 e. The normalized spacial score (nSPS) is 19.0. The van der Waals surface area contributed by atoms with Gasteiger partial charge >= 0.3 is 169 Å². The average molecular weight is 534 g/mol. The number of hydrogen-bond acceptors (Lipinski definition) is 1. The number of ether oxygens (including phenoxy) is 1. The van der Waals surface area contributed by atoms with E-state index in [0.29, 0.717) is 7.25 Å². The van der Waals surface area contributed by atoms with E-state index in [2.05, 4.69) is 107 Å². The number of hydrogen-bond donors (Lipinski definition) is 0. The molecule has 0 saturated heterocycles. The number of benzene rings is 2. The summed E-state index contributed by atoms with van der Waals surface area (Å²) in [7, 11) is 1.18. The molecule has 2 aliphatic rings. The van der Waals surface area contributed by atoms with Gasteiger partial charge in [0.25, 0.3) is 0 Å². The van der Waals surface area contributed by atoms with Gasteiger partial charge < -0.3 is 4.74 Å². The Balaban J connectivity index is 0.000000383. The van der Waals surface area contributed by atoms with Crippen molar-refractivity contribution in [2.75, 3.05) is 12.8 Å². The number of allylic oxidation sites excluding steroid dienone is 8. The summed E-state index contributed by atoms with van der Waals surface area (Å²) in [6, 6.07) is 18.1. The third-order valence-corrected chi connectivity index (χ3v) is 11.1. The van der Waals surface area contributed by atoms with E-state index < -0.39 is 23.2 Å². The summed E-state index contributed by atoms with van der Waals surface area (Å²) in [6.45, 7) is 9.80. The smallest absolute Gasteiger partial charge is 0.0461 e. The first-order chi connectivity index (χ1) is 16.1. The second kappa shape index (κ2) is 13.4. The van der Waals surface area contributed by atoms with Crippen molar-refractivity contribution < 1.29 is 28.0 Å². The van der Waals surface area contributed by atoms with Crippen LogP contribution < -0.4 is 0 Å². The first-order valence-corrected chi connectivity index (χ1v) is 16.6. The summed E-state index contributed by atoms with van der Waals surface area (Å²) in [5.74, 6) is 0. The topological polar surface area (TPSA) is 9.23 Å². The largest absolute Gasteiger partial charge is 0.386 e. The van der Waals surface area contributed by atoms with Gasteiger partial charge in [0.05, 0.1) is 0 Å². The molecule has 0 radical (unpaired) electrons. The van der Waals surface area contributed by atoms with Gasteiger partial charge in [-0.1, -0.05) is 13.3 Å². The molecule has 0 bridgehead atoms. The molecular formula is C30H38OSiZr.